The Morgan fingerprint density at radius 2 is 2.05 bits per heavy atom. The van der Waals surface area contributed by atoms with Crippen molar-refractivity contribution in [2.75, 3.05) is 5.32 Å². The minimum Gasteiger partial charge on any atom is -0.434 e. The van der Waals surface area contributed by atoms with Gasteiger partial charge in [-0.1, -0.05) is 23.7 Å². The van der Waals surface area contributed by atoms with Gasteiger partial charge in [0.1, 0.15) is 10.9 Å². The van der Waals surface area contributed by atoms with Crippen LogP contribution in [0.3, 0.4) is 0 Å². The van der Waals surface area contributed by atoms with E-state index < -0.39 is 12.5 Å². The minimum atomic E-state index is -3.02. The van der Waals surface area contributed by atoms with Crippen LogP contribution in [0.2, 0.25) is 5.15 Å². The lowest BCUT2D eigenvalue weighted by atomic mass is 10.2. The molecule has 5 nitrogen and oxygen atoms in total. The van der Waals surface area contributed by atoms with Gasteiger partial charge in [-0.15, -0.1) is 0 Å². The Balaban J connectivity index is 2.24. The molecule has 0 bridgehead atoms. The van der Waals surface area contributed by atoms with E-state index in [-0.39, 0.29) is 22.4 Å². The van der Waals surface area contributed by atoms with E-state index in [0.717, 1.165) is 0 Å². The first kappa shape index (κ1) is 15.1. The van der Waals surface area contributed by atoms with E-state index >= 15 is 0 Å². The first-order valence-electron chi connectivity index (χ1n) is 5.82. The molecule has 0 aliphatic heterocycles. The summed E-state index contributed by atoms with van der Waals surface area (Å²) in [4.78, 5) is 19.9. The molecule has 21 heavy (non-hydrogen) atoms. The number of carbonyl (C=O) groups excluding carboxylic acids is 1. The molecule has 1 heterocycles. The second kappa shape index (κ2) is 6.45. The fourth-order valence-electron chi connectivity index (χ4n) is 1.61. The minimum absolute atomic E-state index is 0.0168. The maximum atomic E-state index is 12.3. The molecule has 1 amide bonds. The molecule has 1 aromatic heterocycles. The fourth-order valence-corrected chi connectivity index (χ4v) is 1.85. The highest BCUT2D eigenvalue weighted by Crippen LogP contribution is 2.21. The predicted octanol–water partition coefficient (Wildman–Crippen LogP) is 3.29. The monoisotopic (exact) mass is 313 g/mol. The summed E-state index contributed by atoms with van der Waals surface area (Å²) < 4.78 is 28.9. The normalized spacial score (nSPS) is 10.5. The molecule has 0 aliphatic rings. The van der Waals surface area contributed by atoms with E-state index in [1.165, 1.54) is 30.3 Å². The van der Waals surface area contributed by atoms with Crippen molar-refractivity contribution in [2.45, 2.75) is 13.5 Å². The van der Waals surface area contributed by atoms with Gasteiger partial charge in [0.25, 0.3) is 5.91 Å². The number of hydrogen-bond acceptors (Lipinski definition) is 4. The van der Waals surface area contributed by atoms with Crippen molar-refractivity contribution >= 4 is 23.5 Å². The number of aryl methyl sites for hydroxylation is 1. The Morgan fingerprint density at radius 3 is 2.71 bits per heavy atom. The average Bonchev–Trinajstić information content (AvgIpc) is 2.37. The molecular weight excluding hydrogens is 304 g/mol. The molecule has 1 aromatic carbocycles. The van der Waals surface area contributed by atoms with E-state index in [9.17, 15) is 13.6 Å². The number of anilines is 1. The van der Waals surface area contributed by atoms with Crippen LogP contribution >= 0.6 is 11.6 Å². The topological polar surface area (TPSA) is 64.1 Å². The molecule has 0 fully saturated rings. The molecule has 1 N–H and O–H groups in total. The summed E-state index contributed by atoms with van der Waals surface area (Å²) in [5.74, 6) is -0.923. The quantitative estimate of drug-likeness (QED) is 0.880. The van der Waals surface area contributed by atoms with Crippen molar-refractivity contribution in [1.82, 2.24) is 9.97 Å². The molecule has 110 valence electrons. The average molecular weight is 314 g/mol. The molecule has 0 aliphatic carbocycles. The number of para-hydroxylation sites is 1. The van der Waals surface area contributed by atoms with Crippen LogP contribution in [0.5, 0.6) is 5.75 Å². The summed E-state index contributed by atoms with van der Waals surface area (Å²) in [5, 5.41) is 2.54. The van der Waals surface area contributed by atoms with Crippen LogP contribution < -0.4 is 10.1 Å². The lowest BCUT2D eigenvalue weighted by molar-refractivity contribution is -0.0501. The summed E-state index contributed by atoms with van der Waals surface area (Å²) in [7, 11) is 0. The Bertz CT molecular complexity index is 647. The van der Waals surface area contributed by atoms with Crippen molar-refractivity contribution in [3.63, 3.8) is 0 Å². The molecule has 0 unspecified atom stereocenters. The van der Waals surface area contributed by atoms with Crippen molar-refractivity contribution in [1.29, 1.82) is 0 Å². The lowest BCUT2D eigenvalue weighted by Gasteiger charge is -2.10. The molecule has 8 heteroatoms. The number of halogens is 3. The van der Waals surface area contributed by atoms with Crippen LogP contribution in [0.25, 0.3) is 0 Å². The van der Waals surface area contributed by atoms with Crippen molar-refractivity contribution < 1.29 is 18.3 Å². The number of amides is 1. The van der Waals surface area contributed by atoms with Crippen LogP contribution in [-0.4, -0.2) is 22.5 Å². The third kappa shape index (κ3) is 4.09. The van der Waals surface area contributed by atoms with E-state index in [2.05, 4.69) is 20.0 Å². The maximum Gasteiger partial charge on any atom is 0.387 e. The molecule has 0 atom stereocenters. The lowest BCUT2D eigenvalue weighted by Crippen LogP contribution is -2.16. The molecule has 0 spiro atoms. The van der Waals surface area contributed by atoms with Crippen molar-refractivity contribution in [3.05, 3.63) is 46.7 Å². The van der Waals surface area contributed by atoms with Gasteiger partial charge < -0.3 is 4.74 Å². The van der Waals surface area contributed by atoms with Crippen LogP contribution in [-0.2, 0) is 0 Å². The fraction of sp³-hybridized carbons (Fsp3) is 0.154. The highest BCUT2D eigenvalue weighted by Gasteiger charge is 2.16. The Hall–Kier alpha value is -2.28. The van der Waals surface area contributed by atoms with Crippen molar-refractivity contribution in [2.24, 2.45) is 0 Å². The summed E-state index contributed by atoms with van der Waals surface area (Å²) in [6.45, 7) is -1.35. The van der Waals surface area contributed by atoms with Gasteiger partial charge in [-0.25, -0.2) is 9.97 Å². The smallest absolute Gasteiger partial charge is 0.387 e. The second-order valence-corrected chi connectivity index (χ2v) is 4.37. The summed E-state index contributed by atoms with van der Waals surface area (Å²) in [6.07, 6.45) is 0. The third-order valence-corrected chi connectivity index (χ3v) is 2.59. The number of alkyl halides is 2. The van der Waals surface area contributed by atoms with Gasteiger partial charge in [0.15, 0.2) is 0 Å². The second-order valence-electron chi connectivity index (χ2n) is 3.98. The van der Waals surface area contributed by atoms with E-state index in [1.54, 1.807) is 6.92 Å². The van der Waals surface area contributed by atoms with E-state index in [4.69, 9.17) is 11.6 Å². The van der Waals surface area contributed by atoms with E-state index in [0.29, 0.717) is 5.69 Å². The number of nitrogens with zero attached hydrogens (tertiary/aromatic N) is 2. The molecule has 0 saturated heterocycles. The largest absolute Gasteiger partial charge is 0.434 e. The highest BCUT2D eigenvalue weighted by atomic mass is 35.5. The molecule has 2 aromatic rings. The van der Waals surface area contributed by atoms with Gasteiger partial charge in [0.2, 0.25) is 5.95 Å². The number of aromatic nitrogens is 2. The Morgan fingerprint density at radius 1 is 1.33 bits per heavy atom. The summed E-state index contributed by atoms with van der Waals surface area (Å²) in [6, 6.07) is 7.15. The SMILES string of the molecule is Cc1cc(Cl)nc(NC(=O)c2ccccc2OC(F)F)n1. The Kier molecular flexibility index (Phi) is 4.64. The van der Waals surface area contributed by atoms with Gasteiger partial charge in [0, 0.05) is 5.69 Å². The zero-order chi connectivity index (χ0) is 15.4. The van der Waals surface area contributed by atoms with Gasteiger partial charge >= 0.3 is 6.61 Å². The van der Waals surface area contributed by atoms with Gasteiger partial charge in [-0.2, -0.15) is 8.78 Å². The molecule has 0 radical (unpaired) electrons. The number of benzene rings is 1. The van der Waals surface area contributed by atoms with E-state index in [1.807, 2.05) is 0 Å². The molecule has 2 rings (SSSR count). The molecular formula is C13H10ClF2N3O2. The van der Waals surface area contributed by atoms with Gasteiger partial charge in [-0.3, -0.25) is 10.1 Å². The van der Waals surface area contributed by atoms with Gasteiger partial charge in [0.05, 0.1) is 5.56 Å². The number of carbonyl (C=O) groups is 1. The Labute approximate surface area is 123 Å². The summed E-state index contributed by atoms with van der Waals surface area (Å²) >= 11 is 5.75. The zero-order valence-electron chi connectivity index (χ0n) is 10.8. The van der Waals surface area contributed by atoms with Gasteiger partial charge in [-0.05, 0) is 25.1 Å². The first-order valence-corrected chi connectivity index (χ1v) is 6.20. The first-order chi connectivity index (χ1) is 9.95. The zero-order valence-corrected chi connectivity index (χ0v) is 11.6. The number of rotatable bonds is 4. The number of ether oxygens (including phenoxy) is 1. The third-order valence-electron chi connectivity index (χ3n) is 2.40. The van der Waals surface area contributed by atoms with Crippen LogP contribution in [0.15, 0.2) is 30.3 Å². The number of nitrogens with one attached hydrogen (secondary N) is 1. The molecule has 0 saturated carbocycles. The van der Waals surface area contributed by atoms with Crippen LogP contribution in [0.4, 0.5) is 14.7 Å². The number of hydrogen-bond donors (Lipinski definition) is 1. The highest BCUT2D eigenvalue weighted by molar-refractivity contribution is 6.29. The van der Waals surface area contributed by atoms with Crippen LogP contribution in [0.1, 0.15) is 16.1 Å². The van der Waals surface area contributed by atoms with Crippen molar-refractivity contribution in [3.8, 4) is 5.75 Å². The predicted molar refractivity (Wildman–Crippen MR) is 72.8 cm³/mol. The van der Waals surface area contributed by atoms with Crippen LogP contribution in [0, 0.1) is 6.92 Å². The maximum absolute atomic E-state index is 12.3. The standard InChI is InChI=1S/C13H10ClF2N3O2/c1-7-6-10(14)18-13(17-7)19-11(20)8-4-2-3-5-9(8)21-12(15)16/h2-6,12H,1H3,(H,17,18,19,20). The summed E-state index contributed by atoms with van der Waals surface area (Å²) in [5.41, 5.74) is 0.501.